The molecule has 17 heavy (non-hydrogen) atoms. The van der Waals surface area contributed by atoms with Crippen LogP contribution in [0.3, 0.4) is 0 Å². The van der Waals surface area contributed by atoms with E-state index in [4.69, 9.17) is 11.6 Å². The summed E-state index contributed by atoms with van der Waals surface area (Å²) < 4.78 is 25.6. The van der Waals surface area contributed by atoms with Crippen LogP contribution in [0.25, 0.3) is 0 Å². The number of hydrogen-bond acceptors (Lipinski definition) is 3. The summed E-state index contributed by atoms with van der Waals surface area (Å²) in [5.41, 5.74) is 0.563. The van der Waals surface area contributed by atoms with Crippen molar-refractivity contribution < 1.29 is 13.5 Å². The number of alkyl halides is 1. The molecular weight excluding hydrogens is 262 g/mol. The lowest BCUT2D eigenvalue weighted by Gasteiger charge is -2.07. The van der Waals surface area contributed by atoms with Crippen LogP contribution in [0, 0.1) is 0 Å². The van der Waals surface area contributed by atoms with Gasteiger partial charge in [-0.15, -0.1) is 11.6 Å². The van der Waals surface area contributed by atoms with Crippen LogP contribution in [-0.4, -0.2) is 25.2 Å². The number of sulfonamides is 1. The van der Waals surface area contributed by atoms with Gasteiger partial charge >= 0.3 is 0 Å². The molecule has 0 aromatic heterocycles. The summed E-state index contributed by atoms with van der Waals surface area (Å²) in [4.78, 5) is 0. The molecule has 0 saturated heterocycles. The normalized spacial score (nSPS) is 11.6. The predicted octanol–water partition coefficient (Wildman–Crippen LogP) is 1.83. The lowest BCUT2D eigenvalue weighted by Crippen LogP contribution is -2.26. The third kappa shape index (κ3) is 5.39. The quantitative estimate of drug-likeness (QED) is 0.590. The fourth-order valence-corrected chi connectivity index (χ4v) is 2.60. The standard InChI is InChI=1S/C11H16ClNO3S/c12-7-3-4-8-17(15,16)13-9-10-5-1-2-6-11(10)14/h1-2,5-6,13-14H,3-4,7-9H2. The number of phenols is 1. The number of hydrogen-bond donors (Lipinski definition) is 2. The Morgan fingerprint density at radius 3 is 2.59 bits per heavy atom. The molecular formula is C11H16ClNO3S. The fourth-order valence-electron chi connectivity index (χ4n) is 1.31. The molecule has 0 amide bonds. The van der Waals surface area contributed by atoms with Gasteiger partial charge in [0.2, 0.25) is 10.0 Å². The number of aromatic hydroxyl groups is 1. The Morgan fingerprint density at radius 2 is 1.94 bits per heavy atom. The molecule has 1 rings (SSSR count). The maximum Gasteiger partial charge on any atom is 0.211 e. The fraction of sp³-hybridized carbons (Fsp3) is 0.455. The summed E-state index contributed by atoms with van der Waals surface area (Å²) in [5, 5.41) is 9.47. The molecule has 0 spiro atoms. The van der Waals surface area contributed by atoms with Gasteiger partial charge in [-0.3, -0.25) is 0 Å². The minimum atomic E-state index is -3.29. The molecule has 0 unspecified atom stereocenters. The molecule has 2 N–H and O–H groups in total. The second-order valence-corrected chi connectivity index (χ2v) is 5.97. The maximum atomic E-state index is 11.6. The molecule has 0 aliphatic heterocycles. The number of nitrogens with one attached hydrogen (secondary N) is 1. The molecule has 1 aromatic carbocycles. The van der Waals surface area contributed by atoms with Crippen molar-refractivity contribution in [3.63, 3.8) is 0 Å². The van der Waals surface area contributed by atoms with Crippen molar-refractivity contribution in [1.82, 2.24) is 4.72 Å². The van der Waals surface area contributed by atoms with Gasteiger partial charge < -0.3 is 5.11 Å². The first-order valence-corrected chi connectivity index (χ1v) is 7.54. The van der Waals surface area contributed by atoms with E-state index in [1.165, 1.54) is 6.07 Å². The highest BCUT2D eigenvalue weighted by atomic mass is 35.5. The second-order valence-electron chi connectivity index (χ2n) is 3.66. The van der Waals surface area contributed by atoms with Crippen LogP contribution in [0.15, 0.2) is 24.3 Å². The molecule has 0 radical (unpaired) electrons. The van der Waals surface area contributed by atoms with Gasteiger partial charge in [-0.05, 0) is 18.9 Å². The van der Waals surface area contributed by atoms with Crippen molar-refractivity contribution in [3.05, 3.63) is 29.8 Å². The highest BCUT2D eigenvalue weighted by Gasteiger charge is 2.10. The summed E-state index contributed by atoms with van der Waals surface area (Å²) in [6, 6.07) is 6.64. The maximum absolute atomic E-state index is 11.6. The Hall–Kier alpha value is -0.780. The molecule has 6 heteroatoms. The topological polar surface area (TPSA) is 66.4 Å². The van der Waals surface area contributed by atoms with Crippen LogP contribution in [0.1, 0.15) is 18.4 Å². The number of rotatable bonds is 7. The Morgan fingerprint density at radius 1 is 1.24 bits per heavy atom. The third-order valence-electron chi connectivity index (χ3n) is 2.27. The molecule has 0 aliphatic carbocycles. The average Bonchev–Trinajstić information content (AvgIpc) is 2.28. The largest absolute Gasteiger partial charge is 0.508 e. The molecule has 0 saturated carbocycles. The zero-order chi connectivity index (χ0) is 12.7. The van der Waals surface area contributed by atoms with E-state index in [1.807, 2.05) is 0 Å². The minimum absolute atomic E-state index is 0.0628. The van der Waals surface area contributed by atoms with Crippen molar-refractivity contribution in [2.24, 2.45) is 0 Å². The monoisotopic (exact) mass is 277 g/mol. The van der Waals surface area contributed by atoms with E-state index in [9.17, 15) is 13.5 Å². The number of phenolic OH excluding ortho intramolecular Hbond substituents is 1. The van der Waals surface area contributed by atoms with Gasteiger partial charge in [-0.1, -0.05) is 18.2 Å². The Bertz CT molecular complexity index is 448. The second kappa shape index (κ2) is 6.83. The molecule has 96 valence electrons. The van der Waals surface area contributed by atoms with Gasteiger partial charge in [-0.25, -0.2) is 13.1 Å². The van der Waals surface area contributed by atoms with Crippen LogP contribution in [0.2, 0.25) is 0 Å². The van der Waals surface area contributed by atoms with Gasteiger partial charge in [0.15, 0.2) is 0 Å². The Labute approximate surface area is 107 Å². The van der Waals surface area contributed by atoms with Crippen molar-refractivity contribution in [2.45, 2.75) is 19.4 Å². The first-order chi connectivity index (χ1) is 8.05. The molecule has 1 aromatic rings. The zero-order valence-electron chi connectivity index (χ0n) is 9.39. The van der Waals surface area contributed by atoms with Crippen molar-refractivity contribution >= 4 is 21.6 Å². The van der Waals surface area contributed by atoms with Crippen molar-refractivity contribution in [3.8, 4) is 5.75 Å². The molecule has 4 nitrogen and oxygen atoms in total. The number of benzene rings is 1. The lowest BCUT2D eigenvalue weighted by atomic mass is 10.2. The third-order valence-corrected chi connectivity index (χ3v) is 3.95. The highest BCUT2D eigenvalue weighted by Crippen LogP contribution is 2.15. The van der Waals surface area contributed by atoms with Gasteiger partial charge in [-0.2, -0.15) is 0 Å². The first kappa shape index (κ1) is 14.3. The van der Waals surface area contributed by atoms with Crippen molar-refractivity contribution in [2.75, 3.05) is 11.6 Å². The van der Waals surface area contributed by atoms with E-state index in [0.29, 0.717) is 24.3 Å². The van der Waals surface area contributed by atoms with Gasteiger partial charge in [0.05, 0.1) is 5.75 Å². The van der Waals surface area contributed by atoms with E-state index < -0.39 is 10.0 Å². The predicted molar refractivity (Wildman–Crippen MR) is 68.7 cm³/mol. The molecule has 0 heterocycles. The molecule has 0 fully saturated rings. The van der Waals surface area contributed by atoms with Gasteiger partial charge in [0, 0.05) is 18.0 Å². The molecule has 0 bridgehead atoms. The van der Waals surface area contributed by atoms with Crippen LogP contribution in [-0.2, 0) is 16.6 Å². The number of unbranched alkanes of at least 4 members (excludes halogenated alkanes) is 1. The smallest absolute Gasteiger partial charge is 0.211 e. The van der Waals surface area contributed by atoms with E-state index in [1.54, 1.807) is 18.2 Å². The van der Waals surface area contributed by atoms with Crippen LogP contribution in [0.4, 0.5) is 0 Å². The highest BCUT2D eigenvalue weighted by molar-refractivity contribution is 7.89. The van der Waals surface area contributed by atoms with E-state index in [0.717, 1.165) is 0 Å². The number of para-hydroxylation sites is 1. The van der Waals surface area contributed by atoms with E-state index in [-0.39, 0.29) is 18.0 Å². The van der Waals surface area contributed by atoms with Crippen LogP contribution in [0.5, 0.6) is 5.75 Å². The van der Waals surface area contributed by atoms with E-state index >= 15 is 0 Å². The Balaban J connectivity index is 2.47. The van der Waals surface area contributed by atoms with Crippen LogP contribution >= 0.6 is 11.6 Å². The lowest BCUT2D eigenvalue weighted by molar-refractivity contribution is 0.467. The molecule has 0 aliphatic rings. The Kier molecular flexibility index (Phi) is 5.74. The van der Waals surface area contributed by atoms with Gasteiger partial charge in [0.1, 0.15) is 5.75 Å². The zero-order valence-corrected chi connectivity index (χ0v) is 11.0. The summed E-state index contributed by atoms with van der Waals surface area (Å²) in [5.74, 6) is 0.624. The summed E-state index contributed by atoms with van der Waals surface area (Å²) in [6.07, 6.45) is 1.22. The van der Waals surface area contributed by atoms with E-state index in [2.05, 4.69) is 4.72 Å². The SMILES string of the molecule is O=S(=O)(CCCCCl)NCc1ccccc1O. The van der Waals surface area contributed by atoms with Crippen LogP contribution < -0.4 is 4.72 Å². The minimum Gasteiger partial charge on any atom is -0.508 e. The average molecular weight is 278 g/mol. The van der Waals surface area contributed by atoms with Gasteiger partial charge in [0.25, 0.3) is 0 Å². The molecule has 0 atom stereocenters. The van der Waals surface area contributed by atoms with Crippen molar-refractivity contribution in [1.29, 1.82) is 0 Å². The number of halogens is 1. The summed E-state index contributed by atoms with van der Waals surface area (Å²) >= 11 is 5.48. The summed E-state index contributed by atoms with van der Waals surface area (Å²) in [7, 11) is -3.29. The summed E-state index contributed by atoms with van der Waals surface area (Å²) in [6.45, 7) is 0.107. The first-order valence-electron chi connectivity index (χ1n) is 5.35.